The monoisotopic (exact) mass is 1530 g/mol. The molecule has 11 heteroatoms. The average Bonchev–Trinajstić information content (AvgIpc) is 1.49. The second-order valence-corrected chi connectivity index (χ2v) is 30.5. The molecule has 0 radical (unpaired) electrons. The van der Waals surface area contributed by atoms with Crippen molar-refractivity contribution in [3.8, 4) is 114 Å². The summed E-state index contributed by atoms with van der Waals surface area (Å²) in [5.41, 5.74) is 22.9. The van der Waals surface area contributed by atoms with E-state index in [1.807, 2.05) is 103 Å². The van der Waals surface area contributed by atoms with Crippen LogP contribution in [0, 0.1) is 0 Å². The lowest BCUT2D eigenvalue weighted by atomic mass is 9.84. The van der Waals surface area contributed by atoms with Crippen molar-refractivity contribution in [2.75, 3.05) is 14.7 Å². The highest BCUT2D eigenvalue weighted by atomic mass is 16.5. The number of anilines is 9. The summed E-state index contributed by atoms with van der Waals surface area (Å²) >= 11 is 0. The topological polar surface area (TPSA) is 75.0 Å². The number of hydrogen-bond acceptors (Lipinski definition) is 9. The fraction of sp³-hybridized carbons (Fsp3) is 0. The van der Waals surface area contributed by atoms with Gasteiger partial charge in [0.25, 0.3) is 0 Å². The van der Waals surface area contributed by atoms with E-state index < -0.39 is 0 Å². The lowest BCUT2D eigenvalue weighted by molar-refractivity contribution is 0.445. The minimum absolute atomic E-state index is 0.785. The van der Waals surface area contributed by atoms with Crippen LogP contribution in [0.2, 0.25) is 0 Å². The zero-order chi connectivity index (χ0) is 77.9. The maximum Gasteiger partial charge on any atom is 0.155 e. The predicted molar refractivity (Wildman–Crippen MR) is 481 cm³/mol. The number of aromatic nitrogens is 2. The summed E-state index contributed by atoms with van der Waals surface area (Å²) in [6.45, 7) is 0. The highest BCUT2D eigenvalue weighted by molar-refractivity contribution is 6.24. The first-order valence-electron chi connectivity index (χ1n) is 40.1. The van der Waals surface area contributed by atoms with Crippen molar-refractivity contribution in [1.29, 1.82) is 0 Å². The largest absolute Gasteiger partial charge is 0.453 e. The minimum atomic E-state index is 0.785. The second-order valence-electron chi connectivity index (χ2n) is 30.5. The number of nitrogens with zero attached hydrogens (tertiary/aromatic N) is 5. The lowest BCUT2D eigenvalue weighted by Crippen LogP contribution is -2.20. The van der Waals surface area contributed by atoms with E-state index in [2.05, 4.69) is 315 Å². The van der Waals surface area contributed by atoms with Crippen molar-refractivity contribution in [1.82, 2.24) is 9.13 Å². The third-order valence-corrected chi connectivity index (χ3v) is 23.9. The molecule has 2 aromatic heterocycles. The van der Waals surface area contributed by atoms with Gasteiger partial charge in [0.1, 0.15) is 17.1 Å². The SMILES string of the molecule is c1ccc2c(c1)Oc1cccc3c1N2c1ccc(-c2c4ccccc4c(-c4cccc5ccccc45)c4ccccc24)cc1O3.c1ccc2c(c1)Oc1cccc3c1N2c1ccc(-c2ccc(-n4c5ccccc5c5ccccc54)cc2)cc1O3.c1ccc2c(c1)Oc1cccc3c1N2c1ccc(-n2c4ccccc4c4ccccc42)cc1O3. The van der Waals surface area contributed by atoms with E-state index in [4.69, 9.17) is 28.4 Å². The van der Waals surface area contributed by atoms with Crippen molar-refractivity contribution in [2.24, 2.45) is 0 Å². The van der Waals surface area contributed by atoms with Crippen LogP contribution in [0.15, 0.2) is 394 Å². The van der Waals surface area contributed by atoms with E-state index in [-0.39, 0.29) is 0 Å². The first-order valence-corrected chi connectivity index (χ1v) is 40.1. The Kier molecular flexibility index (Phi) is 14.6. The van der Waals surface area contributed by atoms with Crippen LogP contribution in [0.1, 0.15) is 0 Å². The summed E-state index contributed by atoms with van der Waals surface area (Å²) in [5.74, 6) is 9.73. The van der Waals surface area contributed by atoms with Gasteiger partial charge in [-0.1, -0.05) is 243 Å². The third-order valence-electron chi connectivity index (χ3n) is 23.9. The number of rotatable bonds is 5. The van der Waals surface area contributed by atoms with Crippen LogP contribution in [-0.2, 0) is 0 Å². The summed E-state index contributed by atoms with van der Waals surface area (Å²) in [7, 11) is 0. The molecule has 8 heterocycles. The third kappa shape index (κ3) is 10.2. The van der Waals surface area contributed by atoms with Gasteiger partial charge in [0.2, 0.25) is 0 Å². The quantitative estimate of drug-likeness (QED) is 0.157. The Hall–Kier alpha value is -16.2. The number of hydrogen-bond donors (Lipinski definition) is 0. The maximum absolute atomic E-state index is 6.65. The molecule has 0 bridgehead atoms. The number of fused-ring (bicyclic) bond motifs is 21. The molecule has 0 atom stereocenters. The molecule has 119 heavy (non-hydrogen) atoms. The Labute approximate surface area is 683 Å². The van der Waals surface area contributed by atoms with E-state index in [9.17, 15) is 0 Å². The molecule has 21 aromatic rings. The van der Waals surface area contributed by atoms with Crippen molar-refractivity contribution in [3.05, 3.63) is 394 Å². The second kappa shape index (κ2) is 26.2. The Morgan fingerprint density at radius 1 is 0.168 bits per heavy atom. The fourth-order valence-electron chi connectivity index (χ4n) is 18.9. The van der Waals surface area contributed by atoms with Crippen LogP contribution in [0.25, 0.3) is 121 Å². The van der Waals surface area contributed by atoms with Crippen molar-refractivity contribution in [2.45, 2.75) is 0 Å². The molecule has 0 aliphatic carbocycles. The Morgan fingerprint density at radius 3 is 0.899 bits per heavy atom. The molecule has 0 saturated heterocycles. The van der Waals surface area contributed by atoms with Crippen molar-refractivity contribution in [3.63, 3.8) is 0 Å². The molecule has 0 N–H and O–H groups in total. The van der Waals surface area contributed by atoms with Gasteiger partial charge in [-0.2, -0.15) is 0 Å². The highest BCUT2D eigenvalue weighted by Gasteiger charge is 2.39. The van der Waals surface area contributed by atoms with E-state index in [0.29, 0.717) is 0 Å². The Balaban J connectivity index is 0.000000100. The van der Waals surface area contributed by atoms with Crippen LogP contribution >= 0.6 is 0 Å². The summed E-state index contributed by atoms with van der Waals surface area (Å²) in [6.07, 6.45) is 0. The highest BCUT2D eigenvalue weighted by Crippen LogP contribution is 2.64. The predicted octanol–water partition coefficient (Wildman–Crippen LogP) is 30.8. The zero-order valence-electron chi connectivity index (χ0n) is 63.7. The standard InChI is InChI=1S/C42H25NO2.C36H22N2O2.C30H18N2O2/c1-2-13-28-26(11-1)12-9-18-29(28)41-32-16-5-3-14-30(32)40(31-15-4-6-17-33(31)41)27-23-24-35-39(25-27)45-38-22-10-21-37-42(38)43(35)34-19-7-8-20-36(34)44-37;1-3-10-28-26(8-1)27-9-2-4-11-29(27)37(28)25-19-16-23(17-20-25)24-18-21-31-35(22-24)40-34-15-7-14-33-36(34)38(31)30-12-5-6-13-32(30)39-33;1-3-10-22-20(8-1)21-9-2-4-11-23(21)31(22)19-16-17-25-29(18-19)34-28-15-7-14-27-30(28)32(25)24-12-5-6-13-26(24)33-27/h1-25H;1-22H;1-18H. The van der Waals surface area contributed by atoms with Crippen molar-refractivity contribution < 1.29 is 28.4 Å². The summed E-state index contributed by atoms with van der Waals surface area (Å²) in [6, 6.07) is 138. The smallest absolute Gasteiger partial charge is 0.155 e. The first kappa shape index (κ1) is 66.2. The van der Waals surface area contributed by atoms with Gasteiger partial charge >= 0.3 is 0 Å². The van der Waals surface area contributed by atoms with E-state index in [1.165, 1.54) is 92.6 Å². The molecule has 0 spiro atoms. The molecule has 6 aliphatic heterocycles. The Bertz CT molecular complexity index is 7710. The molecule has 0 amide bonds. The van der Waals surface area contributed by atoms with Gasteiger partial charge in [-0.3, -0.25) is 14.7 Å². The summed E-state index contributed by atoms with van der Waals surface area (Å²) in [5, 5.41) is 12.4. The maximum atomic E-state index is 6.65. The molecule has 558 valence electrons. The molecular weight excluding hydrogens is 1460 g/mol. The van der Waals surface area contributed by atoms with Crippen LogP contribution in [0.5, 0.6) is 69.0 Å². The van der Waals surface area contributed by atoms with Gasteiger partial charge in [-0.05, 0) is 211 Å². The lowest BCUT2D eigenvalue weighted by Gasteiger charge is -2.37. The fourth-order valence-corrected chi connectivity index (χ4v) is 18.9. The molecule has 0 unspecified atom stereocenters. The molecule has 19 aromatic carbocycles. The van der Waals surface area contributed by atoms with Crippen LogP contribution < -0.4 is 43.1 Å². The number of benzene rings is 19. The van der Waals surface area contributed by atoms with Crippen LogP contribution in [0.3, 0.4) is 0 Å². The van der Waals surface area contributed by atoms with E-state index in [0.717, 1.165) is 148 Å². The number of para-hydroxylation sites is 13. The molecule has 0 saturated carbocycles. The van der Waals surface area contributed by atoms with Gasteiger partial charge in [0, 0.05) is 33.3 Å². The van der Waals surface area contributed by atoms with Gasteiger partial charge in [-0.25, -0.2) is 0 Å². The average molecular weight is 1530 g/mol. The van der Waals surface area contributed by atoms with E-state index >= 15 is 0 Å². The number of ether oxygens (including phenoxy) is 6. The molecule has 27 rings (SSSR count). The summed E-state index contributed by atoms with van der Waals surface area (Å²) < 4.78 is 42.9. The van der Waals surface area contributed by atoms with E-state index in [1.54, 1.807) is 0 Å². The Morgan fingerprint density at radius 2 is 0.454 bits per heavy atom. The van der Waals surface area contributed by atoms with Gasteiger partial charge < -0.3 is 37.6 Å². The molecule has 11 nitrogen and oxygen atoms in total. The van der Waals surface area contributed by atoms with Gasteiger partial charge in [-0.15, -0.1) is 0 Å². The molecule has 0 fully saturated rings. The van der Waals surface area contributed by atoms with Crippen LogP contribution in [0.4, 0.5) is 51.2 Å². The molecule has 6 aliphatic rings. The summed E-state index contributed by atoms with van der Waals surface area (Å²) in [4.78, 5) is 6.77. The normalized spacial score (nSPS) is 12.9. The minimum Gasteiger partial charge on any atom is -0.453 e. The van der Waals surface area contributed by atoms with Gasteiger partial charge in [0.15, 0.2) is 69.0 Å². The van der Waals surface area contributed by atoms with Crippen molar-refractivity contribution >= 4 is 127 Å². The first-order chi connectivity index (χ1) is 59.0. The van der Waals surface area contributed by atoms with Gasteiger partial charge in [0.05, 0.1) is 61.9 Å². The van der Waals surface area contributed by atoms with Crippen LogP contribution in [-0.4, -0.2) is 9.13 Å². The zero-order valence-corrected chi connectivity index (χ0v) is 63.7. The molecular formula is C108H65N5O6.